The lowest BCUT2D eigenvalue weighted by Crippen LogP contribution is -2.44. The van der Waals surface area contributed by atoms with Gasteiger partial charge in [-0.15, -0.1) is 0 Å². The standard InChI is InChI=1S/C22H32N6/c1-4-23-22(27(3)18-19-8-6-5-7-9-19)25-17-20-10-11-21(24-16-20)28-14-12-26(2)13-15-28/h5-11,16H,4,12-15,17-18H2,1-3H3,(H,23,25). The molecule has 1 aliphatic heterocycles. The molecule has 1 saturated heterocycles. The van der Waals surface area contributed by atoms with E-state index in [-0.39, 0.29) is 0 Å². The monoisotopic (exact) mass is 380 g/mol. The first-order chi connectivity index (χ1) is 13.7. The van der Waals surface area contributed by atoms with Crippen LogP contribution < -0.4 is 10.2 Å². The molecule has 6 nitrogen and oxygen atoms in total. The molecule has 1 fully saturated rings. The molecule has 1 aliphatic rings. The van der Waals surface area contributed by atoms with E-state index < -0.39 is 0 Å². The Morgan fingerprint density at radius 2 is 1.82 bits per heavy atom. The minimum absolute atomic E-state index is 0.623. The van der Waals surface area contributed by atoms with E-state index in [0.29, 0.717) is 6.54 Å². The number of nitrogens with one attached hydrogen (secondary N) is 1. The second-order valence-electron chi connectivity index (χ2n) is 7.33. The van der Waals surface area contributed by atoms with Gasteiger partial charge in [0.05, 0.1) is 6.54 Å². The average molecular weight is 381 g/mol. The summed E-state index contributed by atoms with van der Waals surface area (Å²) in [5.74, 6) is 1.98. The Morgan fingerprint density at radius 1 is 1.07 bits per heavy atom. The van der Waals surface area contributed by atoms with Gasteiger partial charge >= 0.3 is 0 Å². The maximum absolute atomic E-state index is 4.80. The normalized spacial score (nSPS) is 15.5. The molecule has 0 radical (unpaired) electrons. The van der Waals surface area contributed by atoms with Crippen LogP contribution in [0.15, 0.2) is 53.7 Å². The molecule has 0 bridgehead atoms. The largest absolute Gasteiger partial charge is 0.357 e. The molecular formula is C22H32N6. The third-order valence-electron chi connectivity index (χ3n) is 5.01. The van der Waals surface area contributed by atoms with Gasteiger partial charge in [-0.25, -0.2) is 9.98 Å². The van der Waals surface area contributed by atoms with E-state index in [0.717, 1.165) is 56.6 Å². The van der Waals surface area contributed by atoms with E-state index in [9.17, 15) is 0 Å². The summed E-state index contributed by atoms with van der Waals surface area (Å²) in [6.07, 6.45) is 1.96. The van der Waals surface area contributed by atoms with E-state index >= 15 is 0 Å². The van der Waals surface area contributed by atoms with E-state index in [1.54, 1.807) is 0 Å². The van der Waals surface area contributed by atoms with Gasteiger partial charge in [-0.05, 0) is 31.2 Å². The Hall–Kier alpha value is -2.60. The number of nitrogens with zero attached hydrogens (tertiary/aromatic N) is 5. The van der Waals surface area contributed by atoms with Crippen LogP contribution in [-0.4, -0.2) is 67.6 Å². The second kappa shape index (κ2) is 10.1. The highest BCUT2D eigenvalue weighted by atomic mass is 15.3. The van der Waals surface area contributed by atoms with Gasteiger partial charge in [0.25, 0.3) is 0 Å². The first kappa shape index (κ1) is 20.1. The molecular weight excluding hydrogens is 348 g/mol. The van der Waals surface area contributed by atoms with Crippen LogP contribution in [0.1, 0.15) is 18.1 Å². The van der Waals surface area contributed by atoms with Gasteiger partial charge in [0.2, 0.25) is 0 Å². The summed E-state index contributed by atoms with van der Waals surface area (Å²) in [6.45, 7) is 8.65. The number of piperazine rings is 1. The third-order valence-corrected chi connectivity index (χ3v) is 5.01. The minimum Gasteiger partial charge on any atom is -0.357 e. The van der Waals surface area contributed by atoms with Crippen LogP contribution in [0.5, 0.6) is 0 Å². The van der Waals surface area contributed by atoms with Crippen molar-refractivity contribution < 1.29 is 0 Å². The Morgan fingerprint density at radius 3 is 2.46 bits per heavy atom. The molecule has 0 saturated carbocycles. The number of guanidine groups is 1. The molecule has 0 spiro atoms. The SMILES string of the molecule is CCNC(=NCc1ccc(N2CCN(C)CC2)nc1)N(C)Cc1ccccc1. The topological polar surface area (TPSA) is 47.0 Å². The smallest absolute Gasteiger partial charge is 0.194 e. The second-order valence-corrected chi connectivity index (χ2v) is 7.33. The maximum Gasteiger partial charge on any atom is 0.194 e. The number of hydrogen-bond donors (Lipinski definition) is 1. The van der Waals surface area contributed by atoms with E-state index in [1.807, 2.05) is 12.3 Å². The predicted octanol–water partition coefficient (Wildman–Crippen LogP) is 2.43. The molecule has 0 unspecified atom stereocenters. The molecule has 150 valence electrons. The fraction of sp³-hybridized carbons (Fsp3) is 0.455. The number of anilines is 1. The van der Waals surface area contributed by atoms with Gasteiger partial charge in [0, 0.05) is 52.5 Å². The fourth-order valence-corrected chi connectivity index (χ4v) is 3.30. The van der Waals surface area contributed by atoms with Gasteiger partial charge in [-0.2, -0.15) is 0 Å². The first-order valence-corrected chi connectivity index (χ1v) is 10.1. The third kappa shape index (κ3) is 5.70. The van der Waals surface area contributed by atoms with E-state index in [2.05, 4.69) is 82.4 Å². The molecule has 1 N–H and O–H groups in total. The number of likely N-dealkylation sites (N-methyl/N-ethyl adjacent to an activating group) is 1. The van der Waals surface area contributed by atoms with Crippen molar-refractivity contribution in [3.8, 4) is 0 Å². The molecule has 1 aromatic heterocycles. The number of aromatic nitrogens is 1. The Labute approximate surface area is 168 Å². The number of benzene rings is 1. The quantitative estimate of drug-likeness (QED) is 0.616. The highest BCUT2D eigenvalue weighted by Gasteiger charge is 2.15. The van der Waals surface area contributed by atoms with Crippen LogP contribution in [0.25, 0.3) is 0 Å². The molecule has 0 amide bonds. The fourth-order valence-electron chi connectivity index (χ4n) is 3.30. The molecule has 1 aromatic carbocycles. The number of pyridine rings is 1. The van der Waals surface area contributed by atoms with Crippen molar-refractivity contribution in [3.05, 3.63) is 59.8 Å². The summed E-state index contributed by atoms with van der Waals surface area (Å²) in [6, 6.07) is 14.7. The highest BCUT2D eigenvalue weighted by Crippen LogP contribution is 2.14. The lowest BCUT2D eigenvalue weighted by atomic mass is 10.2. The molecule has 6 heteroatoms. The number of aliphatic imine (C=N–C) groups is 1. The molecule has 2 heterocycles. The van der Waals surface area contributed by atoms with Crippen LogP contribution in [0.2, 0.25) is 0 Å². The lowest BCUT2D eigenvalue weighted by Gasteiger charge is -2.33. The zero-order valence-electron chi connectivity index (χ0n) is 17.3. The van der Waals surface area contributed by atoms with Crippen molar-refractivity contribution in [3.63, 3.8) is 0 Å². The van der Waals surface area contributed by atoms with Crippen LogP contribution in [-0.2, 0) is 13.1 Å². The first-order valence-electron chi connectivity index (χ1n) is 10.1. The van der Waals surface area contributed by atoms with Crippen molar-refractivity contribution in [1.29, 1.82) is 0 Å². The van der Waals surface area contributed by atoms with Crippen molar-refractivity contribution in [2.45, 2.75) is 20.0 Å². The molecule has 3 rings (SSSR count). The minimum atomic E-state index is 0.623. The van der Waals surface area contributed by atoms with Crippen molar-refractivity contribution >= 4 is 11.8 Å². The molecule has 0 aliphatic carbocycles. The van der Waals surface area contributed by atoms with E-state index in [4.69, 9.17) is 4.99 Å². The molecule has 0 atom stereocenters. The van der Waals surface area contributed by atoms with Gasteiger partial charge in [0.15, 0.2) is 5.96 Å². The van der Waals surface area contributed by atoms with Crippen molar-refractivity contribution in [2.75, 3.05) is 51.7 Å². The molecule has 2 aromatic rings. The van der Waals surface area contributed by atoms with Crippen molar-refractivity contribution in [2.24, 2.45) is 4.99 Å². The van der Waals surface area contributed by atoms with Gasteiger partial charge in [0.1, 0.15) is 5.82 Å². The van der Waals surface area contributed by atoms with E-state index in [1.165, 1.54) is 5.56 Å². The summed E-state index contributed by atoms with van der Waals surface area (Å²) < 4.78 is 0. The zero-order chi connectivity index (χ0) is 19.8. The Bertz CT molecular complexity index is 735. The summed E-state index contributed by atoms with van der Waals surface area (Å²) in [5.41, 5.74) is 2.40. The van der Waals surface area contributed by atoms with Gasteiger partial charge in [-0.1, -0.05) is 36.4 Å². The van der Waals surface area contributed by atoms with Crippen LogP contribution in [0.4, 0.5) is 5.82 Å². The van der Waals surface area contributed by atoms with Gasteiger partial charge in [-0.3, -0.25) is 0 Å². The number of rotatable bonds is 6. The Kier molecular flexibility index (Phi) is 7.25. The Balaban J connectivity index is 1.60. The summed E-state index contributed by atoms with van der Waals surface area (Å²) in [7, 11) is 4.24. The van der Waals surface area contributed by atoms with Gasteiger partial charge < -0.3 is 20.0 Å². The lowest BCUT2D eigenvalue weighted by molar-refractivity contribution is 0.312. The highest BCUT2D eigenvalue weighted by molar-refractivity contribution is 5.79. The number of hydrogen-bond acceptors (Lipinski definition) is 4. The summed E-state index contributed by atoms with van der Waals surface area (Å²) in [5, 5.41) is 3.38. The van der Waals surface area contributed by atoms with Crippen LogP contribution >= 0.6 is 0 Å². The molecule has 28 heavy (non-hydrogen) atoms. The van der Waals surface area contributed by atoms with Crippen LogP contribution in [0, 0.1) is 0 Å². The van der Waals surface area contributed by atoms with Crippen LogP contribution in [0.3, 0.4) is 0 Å². The maximum atomic E-state index is 4.80. The summed E-state index contributed by atoms with van der Waals surface area (Å²) >= 11 is 0. The zero-order valence-corrected chi connectivity index (χ0v) is 17.3. The average Bonchev–Trinajstić information content (AvgIpc) is 2.73. The predicted molar refractivity (Wildman–Crippen MR) is 117 cm³/mol. The van der Waals surface area contributed by atoms with Crippen molar-refractivity contribution in [1.82, 2.24) is 20.1 Å². The summed E-state index contributed by atoms with van der Waals surface area (Å²) in [4.78, 5) is 16.3.